The van der Waals surface area contributed by atoms with Gasteiger partial charge in [0.15, 0.2) is 4.87 Å². The van der Waals surface area contributed by atoms with Gasteiger partial charge in [-0.2, -0.15) is 0 Å². The van der Waals surface area contributed by atoms with Crippen LogP contribution in [0.4, 0.5) is 0 Å². The fourth-order valence-electron chi connectivity index (χ4n) is 1.88. The number of hydrogen-bond acceptors (Lipinski definition) is 3. The first kappa shape index (κ1) is 14.3. The molecule has 1 unspecified atom stereocenters. The zero-order valence-electron chi connectivity index (χ0n) is 9.93. The van der Waals surface area contributed by atoms with E-state index in [1.807, 2.05) is 13.8 Å². The number of carbonyl (C=O) groups is 2. The molecular formula is C12H15Cl2NO2. The van der Waals surface area contributed by atoms with Crippen molar-refractivity contribution in [2.75, 3.05) is 13.1 Å². The van der Waals surface area contributed by atoms with Gasteiger partial charge in [-0.25, -0.2) is 0 Å². The number of hydrogen-bond donors (Lipinski definition) is 0. The number of alkyl halides is 1. The zero-order valence-corrected chi connectivity index (χ0v) is 11.4. The van der Waals surface area contributed by atoms with Gasteiger partial charge in [0, 0.05) is 13.1 Å². The fraction of sp³-hybridized carbons (Fsp3) is 0.500. The van der Waals surface area contributed by atoms with E-state index in [0.717, 1.165) is 0 Å². The summed E-state index contributed by atoms with van der Waals surface area (Å²) in [5.41, 5.74) is 0.235. The summed E-state index contributed by atoms with van der Waals surface area (Å²) in [5, 5.41) is -0.0597. The summed E-state index contributed by atoms with van der Waals surface area (Å²) in [4.78, 5) is 24.3. The van der Waals surface area contributed by atoms with Gasteiger partial charge in [0.05, 0.1) is 0 Å². The molecule has 0 aromatic carbocycles. The number of Topliss-reactive ketones (excluding diaryl/α,β-unsaturated/α-hetero) is 2. The maximum absolute atomic E-state index is 12.2. The third-order valence-corrected chi connectivity index (χ3v) is 3.70. The highest BCUT2D eigenvalue weighted by Gasteiger charge is 2.53. The monoisotopic (exact) mass is 275 g/mol. The van der Waals surface area contributed by atoms with Crippen LogP contribution >= 0.6 is 23.2 Å². The largest absolute Gasteiger partial charge is 0.368 e. The molecule has 0 radical (unpaired) electrons. The standard InChI is InChI=1S/C12H15Cl2NO2/c1-4-7-12(14)10(16)8(13)9(11(12)17)15(5-2)6-3/h4H,1,5-7H2,2-3H3. The Bertz CT molecular complexity index is 399. The lowest BCUT2D eigenvalue weighted by molar-refractivity contribution is -0.125. The van der Waals surface area contributed by atoms with Crippen LogP contribution in [0.15, 0.2) is 23.4 Å². The smallest absolute Gasteiger partial charge is 0.209 e. The molecule has 3 nitrogen and oxygen atoms in total. The molecule has 0 N–H and O–H groups in total. The molecule has 1 aliphatic rings. The first-order valence-electron chi connectivity index (χ1n) is 5.48. The van der Waals surface area contributed by atoms with Gasteiger partial charge in [0.1, 0.15) is 10.7 Å². The second kappa shape index (κ2) is 5.23. The lowest BCUT2D eigenvalue weighted by Crippen LogP contribution is -2.38. The molecule has 1 atom stereocenters. The number of nitrogens with zero attached hydrogens (tertiary/aromatic N) is 1. The molecule has 0 spiro atoms. The minimum Gasteiger partial charge on any atom is -0.368 e. The van der Waals surface area contributed by atoms with Gasteiger partial charge in [0.25, 0.3) is 0 Å². The van der Waals surface area contributed by atoms with Crippen LogP contribution in [0.25, 0.3) is 0 Å². The van der Waals surface area contributed by atoms with Crippen LogP contribution in [-0.4, -0.2) is 34.4 Å². The van der Waals surface area contributed by atoms with Crippen LogP contribution in [0.3, 0.4) is 0 Å². The highest BCUT2D eigenvalue weighted by molar-refractivity contribution is 6.62. The summed E-state index contributed by atoms with van der Waals surface area (Å²) >= 11 is 12.0. The molecule has 0 aliphatic heterocycles. The number of ketones is 2. The Labute approximate surface area is 111 Å². The zero-order chi connectivity index (χ0) is 13.2. The van der Waals surface area contributed by atoms with Crippen molar-refractivity contribution in [2.24, 2.45) is 0 Å². The molecule has 1 aliphatic carbocycles. The first-order valence-corrected chi connectivity index (χ1v) is 6.23. The van der Waals surface area contributed by atoms with Crippen molar-refractivity contribution in [3.05, 3.63) is 23.4 Å². The van der Waals surface area contributed by atoms with E-state index in [0.29, 0.717) is 13.1 Å². The van der Waals surface area contributed by atoms with Crippen LogP contribution < -0.4 is 0 Å². The van der Waals surface area contributed by atoms with Crippen molar-refractivity contribution < 1.29 is 9.59 Å². The summed E-state index contributed by atoms with van der Waals surface area (Å²) in [6.07, 6.45) is 1.55. The van der Waals surface area contributed by atoms with Crippen molar-refractivity contribution in [3.63, 3.8) is 0 Å². The fourth-order valence-corrected chi connectivity index (χ4v) is 2.59. The Morgan fingerprint density at radius 2 is 1.82 bits per heavy atom. The van der Waals surface area contributed by atoms with Crippen molar-refractivity contribution >= 4 is 34.8 Å². The van der Waals surface area contributed by atoms with Gasteiger partial charge in [-0.1, -0.05) is 17.7 Å². The van der Waals surface area contributed by atoms with Gasteiger partial charge < -0.3 is 4.90 Å². The Kier molecular flexibility index (Phi) is 4.39. The molecule has 0 aromatic rings. The third kappa shape index (κ3) is 2.14. The summed E-state index contributed by atoms with van der Waals surface area (Å²) in [6.45, 7) is 8.49. The van der Waals surface area contributed by atoms with Gasteiger partial charge in [0.2, 0.25) is 11.6 Å². The molecular weight excluding hydrogens is 261 g/mol. The van der Waals surface area contributed by atoms with Gasteiger partial charge in [-0.15, -0.1) is 18.2 Å². The minimum absolute atomic E-state index is 0.0597. The molecule has 0 saturated carbocycles. The maximum Gasteiger partial charge on any atom is 0.209 e. The average molecular weight is 276 g/mol. The van der Waals surface area contributed by atoms with Crippen LogP contribution in [-0.2, 0) is 9.59 Å². The molecule has 1 rings (SSSR count). The molecule has 17 heavy (non-hydrogen) atoms. The lowest BCUT2D eigenvalue weighted by Gasteiger charge is -2.23. The van der Waals surface area contributed by atoms with Crippen molar-refractivity contribution in [1.29, 1.82) is 0 Å². The quantitative estimate of drug-likeness (QED) is 0.440. The number of halogens is 2. The molecule has 5 heteroatoms. The van der Waals surface area contributed by atoms with Gasteiger partial charge in [-0.05, 0) is 20.3 Å². The number of carbonyl (C=O) groups excluding carboxylic acids is 2. The van der Waals surface area contributed by atoms with Gasteiger partial charge in [-0.3, -0.25) is 9.59 Å². The highest BCUT2D eigenvalue weighted by atomic mass is 35.5. The van der Waals surface area contributed by atoms with E-state index >= 15 is 0 Å². The average Bonchev–Trinajstić information content (AvgIpc) is 2.47. The normalized spacial score (nSPS) is 24.5. The predicted molar refractivity (Wildman–Crippen MR) is 69.2 cm³/mol. The number of allylic oxidation sites excluding steroid dienone is 3. The van der Waals surface area contributed by atoms with Gasteiger partial charge >= 0.3 is 0 Å². The summed E-state index contributed by atoms with van der Waals surface area (Å²) in [6, 6.07) is 0. The van der Waals surface area contributed by atoms with Crippen LogP contribution in [0.1, 0.15) is 20.3 Å². The molecule has 0 bridgehead atoms. The summed E-state index contributed by atoms with van der Waals surface area (Å²) < 4.78 is 0. The Hall–Kier alpha value is -0.800. The summed E-state index contributed by atoms with van der Waals surface area (Å²) in [7, 11) is 0. The van der Waals surface area contributed by atoms with Crippen LogP contribution in [0.2, 0.25) is 0 Å². The number of rotatable bonds is 5. The maximum atomic E-state index is 12.2. The van der Waals surface area contributed by atoms with E-state index in [-0.39, 0.29) is 17.2 Å². The third-order valence-electron chi connectivity index (χ3n) is 2.85. The topological polar surface area (TPSA) is 37.4 Å². The predicted octanol–water partition coefficient (Wildman–Crippen LogP) is 2.48. The van der Waals surface area contributed by atoms with Crippen LogP contribution in [0, 0.1) is 0 Å². The second-order valence-electron chi connectivity index (χ2n) is 3.79. The van der Waals surface area contributed by atoms with E-state index in [9.17, 15) is 9.59 Å². The molecule has 0 fully saturated rings. The van der Waals surface area contributed by atoms with E-state index in [1.165, 1.54) is 6.08 Å². The van der Waals surface area contributed by atoms with Crippen molar-refractivity contribution in [1.82, 2.24) is 4.90 Å². The highest BCUT2D eigenvalue weighted by Crippen LogP contribution is 2.39. The Morgan fingerprint density at radius 3 is 2.24 bits per heavy atom. The van der Waals surface area contributed by atoms with E-state index in [1.54, 1.807) is 4.90 Å². The Balaban J connectivity index is 3.21. The second-order valence-corrected chi connectivity index (χ2v) is 4.81. The molecule has 0 heterocycles. The molecule has 0 aromatic heterocycles. The Morgan fingerprint density at radius 1 is 1.29 bits per heavy atom. The molecule has 0 amide bonds. The summed E-state index contributed by atoms with van der Waals surface area (Å²) in [5.74, 6) is -0.939. The molecule has 94 valence electrons. The lowest BCUT2D eigenvalue weighted by atomic mass is 9.99. The van der Waals surface area contributed by atoms with E-state index in [4.69, 9.17) is 23.2 Å². The van der Waals surface area contributed by atoms with Crippen LogP contribution in [0.5, 0.6) is 0 Å². The van der Waals surface area contributed by atoms with Crippen molar-refractivity contribution in [2.45, 2.75) is 25.1 Å². The number of likely N-dealkylation sites (N-methyl/N-ethyl adjacent to an activating group) is 1. The van der Waals surface area contributed by atoms with E-state index < -0.39 is 16.4 Å². The van der Waals surface area contributed by atoms with E-state index in [2.05, 4.69) is 6.58 Å². The molecule has 0 saturated heterocycles. The SMILES string of the molecule is C=CCC1(Cl)C(=O)C(Cl)=C(N(CC)CC)C1=O. The first-order chi connectivity index (χ1) is 7.93. The minimum atomic E-state index is -1.59. The van der Waals surface area contributed by atoms with Crippen molar-refractivity contribution in [3.8, 4) is 0 Å².